The van der Waals surface area contributed by atoms with E-state index >= 15 is 0 Å². The molecule has 0 aromatic heterocycles. The minimum atomic E-state index is -1.11. The van der Waals surface area contributed by atoms with Crippen molar-refractivity contribution in [2.75, 3.05) is 11.9 Å². The highest BCUT2D eigenvalue weighted by atomic mass is 16.5. The van der Waals surface area contributed by atoms with Gasteiger partial charge in [-0.3, -0.25) is 14.4 Å². The Morgan fingerprint density at radius 2 is 1.73 bits per heavy atom. The molecule has 0 fully saturated rings. The number of aliphatic carboxylic acids is 1. The monoisotopic (exact) mass is 308 g/mol. The van der Waals surface area contributed by atoms with Gasteiger partial charge in [0.1, 0.15) is 12.6 Å². The second-order valence-electron chi connectivity index (χ2n) is 5.02. The molecular formula is C15H20N2O5. The Morgan fingerprint density at radius 3 is 2.23 bits per heavy atom. The molecule has 7 nitrogen and oxygen atoms in total. The van der Waals surface area contributed by atoms with Gasteiger partial charge in [0.05, 0.1) is 6.10 Å². The van der Waals surface area contributed by atoms with Gasteiger partial charge in [0.15, 0.2) is 0 Å². The number of carboxylic acids is 1. The van der Waals surface area contributed by atoms with Crippen LogP contribution in [0.2, 0.25) is 0 Å². The van der Waals surface area contributed by atoms with E-state index in [1.807, 2.05) is 13.8 Å². The maximum absolute atomic E-state index is 11.8. The van der Waals surface area contributed by atoms with Gasteiger partial charge in [0.2, 0.25) is 5.91 Å². The Hall–Kier alpha value is -2.41. The summed E-state index contributed by atoms with van der Waals surface area (Å²) in [6.45, 7) is 5.00. The molecule has 0 bridgehead atoms. The predicted molar refractivity (Wildman–Crippen MR) is 80.7 cm³/mol. The molecule has 0 aliphatic carbocycles. The first kappa shape index (κ1) is 17.6. The molecule has 1 rings (SSSR count). The summed E-state index contributed by atoms with van der Waals surface area (Å²) in [6.07, 6.45) is -0.0342. The van der Waals surface area contributed by atoms with Crippen molar-refractivity contribution in [1.82, 2.24) is 5.32 Å². The quantitative estimate of drug-likeness (QED) is 0.703. The molecule has 2 amide bonds. The number of amides is 2. The van der Waals surface area contributed by atoms with Crippen molar-refractivity contribution in [3.05, 3.63) is 29.8 Å². The maximum Gasteiger partial charge on any atom is 0.325 e. The number of carbonyl (C=O) groups is 3. The lowest BCUT2D eigenvalue weighted by Gasteiger charge is -2.10. The lowest BCUT2D eigenvalue weighted by molar-refractivity contribution is -0.138. The minimum absolute atomic E-state index is 0.0342. The number of hydrogen-bond donors (Lipinski definition) is 3. The van der Waals surface area contributed by atoms with Crippen molar-refractivity contribution in [1.29, 1.82) is 0 Å². The van der Waals surface area contributed by atoms with E-state index in [2.05, 4.69) is 10.6 Å². The number of carboxylic acid groups (broad SMARTS) is 1. The number of benzene rings is 1. The largest absolute Gasteiger partial charge is 0.480 e. The molecule has 1 atom stereocenters. The highest BCUT2D eigenvalue weighted by Crippen LogP contribution is 2.10. The van der Waals surface area contributed by atoms with E-state index in [9.17, 15) is 14.4 Å². The van der Waals surface area contributed by atoms with Crippen LogP contribution < -0.4 is 10.6 Å². The van der Waals surface area contributed by atoms with Gasteiger partial charge >= 0.3 is 5.97 Å². The van der Waals surface area contributed by atoms with Gasteiger partial charge in [0, 0.05) is 11.3 Å². The minimum Gasteiger partial charge on any atom is -0.480 e. The Labute approximate surface area is 128 Å². The van der Waals surface area contributed by atoms with Crippen LogP contribution >= 0.6 is 0 Å². The van der Waals surface area contributed by atoms with Crippen LogP contribution in [0.3, 0.4) is 0 Å². The van der Waals surface area contributed by atoms with Crippen LogP contribution in [-0.4, -0.2) is 41.6 Å². The third-order valence-corrected chi connectivity index (χ3v) is 2.70. The van der Waals surface area contributed by atoms with E-state index in [1.54, 1.807) is 12.1 Å². The Bertz CT molecular complexity index is 539. The van der Waals surface area contributed by atoms with E-state index in [-0.39, 0.29) is 18.6 Å². The number of hydrogen-bond acceptors (Lipinski definition) is 4. The zero-order chi connectivity index (χ0) is 16.7. The average Bonchev–Trinajstić information content (AvgIpc) is 2.45. The Kier molecular flexibility index (Phi) is 6.52. The second kappa shape index (κ2) is 8.14. The smallest absolute Gasteiger partial charge is 0.325 e. The molecule has 120 valence electrons. The fraction of sp³-hybridized carbons (Fsp3) is 0.400. The fourth-order valence-electron chi connectivity index (χ4n) is 1.49. The van der Waals surface area contributed by atoms with Crippen molar-refractivity contribution in [3.63, 3.8) is 0 Å². The van der Waals surface area contributed by atoms with Gasteiger partial charge < -0.3 is 20.5 Å². The molecule has 0 heterocycles. The van der Waals surface area contributed by atoms with E-state index < -0.39 is 17.9 Å². The van der Waals surface area contributed by atoms with Crippen molar-refractivity contribution >= 4 is 23.5 Å². The number of carbonyl (C=O) groups excluding carboxylic acids is 2. The van der Waals surface area contributed by atoms with E-state index in [1.165, 1.54) is 19.1 Å². The van der Waals surface area contributed by atoms with Gasteiger partial charge in [-0.25, -0.2) is 0 Å². The summed E-state index contributed by atoms with van der Waals surface area (Å²) in [7, 11) is 0. The molecule has 1 aromatic carbocycles. The summed E-state index contributed by atoms with van der Waals surface area (Å²) in [4.78, 5) is 34.0. The molecule has 0 aliphatic rings. The lowest BCUT2D eigenvalue weighted by Crippen LogP contribution is -2.38. The number of rotatable bonds is 7. The van der Waals surface area contributed by atoms with Gasteiger partial charge in [-0.1, -0.05) is 0 Å². The Morgan fingerprint density at radius 1 is 1.14 bits per heavy atom. The molecule has 22 heavy (non-hydrogen) atoms. The maximum atomic E-state index is 11.8. The van der Waals surface area contributed by atoms with Crippen LogP contribution in [0.25, 0.3) is 0 Å². The molecule has 7 heteroatoms. The molecule has 0 saturated heterocycles. The van der Waals surface area contributed by atoms with E-state index in [0.717, 1.165) is 0 Å². The predicted octanol–water partition coefficient (Wildman–Crippen LogP) is 1.25. The summed E-state index contributed by atoms with van der Waals surface area (Å²) in [5, 5.41) is 13.7. The molecule has 1 aromatic rings. The average molecular weight is 308 g/mol. The molecule has 0 spiro atoms. The van der Waals surface area contributed by atoms with Crippen molar-refractivity contribution in [3.8, 4) is 0 Å². The lowest BCUT2D eigenvalue weighted by atomic mass is 10.2. The number of anilines is 1. The van der Waals surface area contributed by atoms with Crippen LogP contribution in [0.1, 0.15) is 31.1 Å². The Balaban J connectivity index is 2.57. The first-order chi connectivity index (χ1) is 10.3. The van der Waals surface area contributed by atoms with Crippen molar-refractivity contribution in [2.24, 2.45) is 0 Å². The summed E-state index contributed by atoms with van der Waals surface area (Å²) in [5.41, 5.74) is 0.838. The normalized spacial score (nSPS) is 11.8. The van der Waals surface area contributed by atoms with E-state index in [0.29, 0.717) is 11.3 Å². The summed E-state index contributed by atoms with van der Waals surface area (Å²) >= 11 is 0. The molecule has 0 saturated carbocycles. The molecule has 0 aliphatic heterocycles. The van der Waals surface area contributed by atoms with Crippen LogP contribution in [-0.2, 0) is 14.3 Å². The molecule has 0 radical (unpaired) electrons. The third-order valence-electron chi connectivity index (χ3n) is 2.70. The molecule has 1 unspecified atom stereocenters. The zero-order valence-corrected chi connectivity index (χ0v) is 12.8. The van der Waals surface area contributed by atoms with Crippen molar-refractivity contribution < 1.29 is 24.2 Å². The van der Waals surface area contributed by atoms with E-state index in [4.69, 9.17) is 9.84 Å². The summed E-state index contributed by atoms with van der Waals surface area (Å²) in [5.74, 6) is -1.89. The second-order valence-corrected chi connectivity index (χ2v) is 5.02. The number of ether oxygens (including phenoxy) is 1. The SMILES string of the molecule is CC(C)OCC(=O)Nc1ccc(C(=O)NC(C)C(=O)O)cc1. The summed E-state index contributed by atoms with van der Waals surface area (Å²) in [6, 6.07) is 5.16. The van der Waals surface area contributed by atoms with Crippen molar-refractivity contribution in [2.45, 2.75) is 32.9 Å². The first-order valence-electron chi connectivity index (χ1n) is 6.84. The number of nitrogens with one attached hydrogen (secondary N) is 2. The standard InChI is InChI=1S/C15H20N2O5/c1-9(2)22-8-13(18)17-12-6-4-11(5-7-12)14(19)16-10(3)15(20)21/h4-7,9-10H,8H2,1-3H3,(H,16,19)(H,17,18)(H,20,21). The van der Waals surface area contributed by atoms with Crippen LogP contribution in [0.4, 0.5) is 5.69 Å². The molecule has 3 N–H and O–H groups in total. The summed E-state index contributed by atoms with van der Waals surface area (Å²) < 4.78 is 5.17. The van der Waals surface area contributed by atoms with Crippen LogP contribution in [0.5, 0.6) is 0 Å². The van der Waals surface area contributed by atoms with Gasteiger partial charge in [0.25, 0.3) is 5.91 Å². The van der Waals surface area contributed by atoms with Crippen LogP contribution in [0.15, 0.2) is 24.3 Å². The highest BCUT2D eigenvalue weighted by molar-refractivity contribution is 5.97. The first-order valence-corrected chi connectivity index (χ1v) is 6.84. The zero-order valence-electron chi connectivity index (χ0n) is 12.8. The molecular weight excluding hydrogens is 288 g/mol. The van der Waals surface area contributed by atoms with Crippen LogP contribution in [0, 0.1) is 0 Å². The third kappa shape index (κ3) is 5.92. The fourth-order valence-corrected chi connectivity index (χ4v) is 1.49. The highest BCUT2D eigenvalue weighted by Gasteiger charge is 2.15. The topological polar surface area (TPSA) is 105 Å². The van der Waals surface area contributed by atoms with Gasteiger partial charge in [-0.15, -0.1) is 0 Å². The van der Waals surface area contributed by atoms with Gasteiger partial charge in [-0.05, 0) is 45.0 Å². The van der Waals surface area contributed by atoms with Gasteiger partial charge in [-0.2, -0.15) is 0 Å².